The number of aliphatic carboxylic acids is 1. The van der Waals surface area contributed by atoms with Gasteiger partial charge in [-0.15, -0.1) is 10.2 Å². The Bertz CT molecular complexity index is 429. The number of carboxylic acid groups (broad SMARTS) is 1. The Hall–Kier alpha value is -1.04. The summed E-state index contributed by atoms with van der Waals surface area (Å²) in [7, 11) is 0. The van der Waals surface area contributed by atoms with E-state index in [4.69, 9.17) is 5.11 Å². The van der Waals surface area contributed by atoms with E-state index in [1.807, 2.05) is 6.92 Å². The first-order valence-electron chi connectivity index (χ1n) is 6.38. The molecule has 0 amide bonds. The number of aromatic nitrogens is 3. The molecule has 1 N–H and O–H groups in total. The summed E-state index contributed by atoms with van der Waals surface area (Å²) in [6.45, 7) is 4.10. The van der Waals surface area contributed by atoms with Crippen LogP contribution in [0.5, 0.6) is 0 Å². The van der Waals surface area contributed by atoms with Crippen molar-refractivity contribution in [1.29, 1.82) is 0 Å². The van der Waals surface area contributed by atoms with Crippen LogP contribution in [-0.4, -0.2) is 31.6 Å². The summed E-state index contributed by atoms with van der Waals surface area (Å²) in [6.07, 6.45) is 4.86. The topological polar surface area (TPSA) is 68.0 Å². The quantitative estimate of drug-likeness (QED) is 0.770. The Kier molecular flexibility index (Phi) is 4.27. The molecule has 100 valence electrons. The molecule has 1 fully saturated rings. The van der Waals surface area contributed by atoms with Crippen molar-refractivity contribution in [3.63, 3.8) is 0 Å². The van der Waals surface area contributed by atoms with E-state index in [-0.39, 0.29) is 5.75 Å². The molecule has 0 radical (unpaired) electrons. The summed E-state index contributed by atoms with van der Waals surface area (Å²) >= 11 is 1.26. The average Bonchev–Trinajstić information content (AvgIpc) is 3.07. The number of thioether (sulfide) groups is 1. The second-order valence-corrected chi connectivity index (χ2v) is 5.77. The maximum Gasteiger partial charge on any atom is 0.313 e. The lowest BCUT2D eigenvalue weighted by molar-refractivity contribution is -0.133. The lowest BCUT2D eigenvalue weighted by Crippen LogP contribution is -2.13. The Morgan fingerprint density at radius 2 is 2.28 bits per heavy atom. The normalized spacial score (nSPS) is 16.8. The van der Waals surface area contributed by atoms with Gasteiger partial charge in [0.2, 0.25) is 0 Å². The molecule has 1 heterocycles. The van der Waals surface area contributed by atoms with Crippen LogP contribution in [0.4, 0.5) is 0 Å². The van der Waals surface area contributed by atoms with Crippen molar-refractivity contribution in [3.8, 4) is 0 Å². The van der Waals surface area contributed by atoms with Gasteiger partial charge < -0.3 is 9.67 Å². The molecule has 18 heavy (non-hydrogen) atoms. The summed E-state index contributed by atoms with van der Waals surface area (Å²) < 4.78 is 2.12. The van der Waals surface area contributed by atoms with Crippen LogP contribution in [0, 0.1) is 12.8 Å². The van der Waals surface area contributed by atoms with Crippen molar-refractivity contribution in [1.82, 2.24) is 14.8 Å². The first kappa shape index (κ1) is 13.4. The van der Waals surface area contributed by atoms with Gasteiger partial charge in [-0.25, -0.2) is 0 Å². The van der Waals surface area contributed by atoms with Gasteiger partial charge in [0.1, 0.15) is 5.82 Å². The van der Waals surface area contributed by atoms with Crippen molar-refractivity contribution in [2.75, 3.05) is 5.75 Å². The zero-order valence-corrected chi connectivity index (χ0v) is 11.6. The Balaban J connectivity index is 2.12. The molecule has 1 aliphatic carbocycles. The Labute approximate surface area is 111 Å². The van der Waals surface area contributed by atoms with E-state index >= 15 is 0 Å². The zero-order valence-electron chi connectivity index (χ0n) is 10.8. The molecule has 1 atom stereocenters. The first-order chi connectivity index (χ1) is 8.61. The predicted octanol–water partition coefficient (Wildman–Crippen LogP) is 2.51. The van der Waals surface area contributed by atoms with Gasteiger partial charge in [-0.05, 0) is 25.7 Å². The van der Waals surface area contributed by atoms with Crippen molar-refractivity contribution in [2.24, 2.45) is 5.92 Å². The maximum atomic E-state index is 10.6. The number of hydrogen-bond acceptors (Lipinski definition) is 4. The van der Waals surface area contributed by atoms with E-state index < -0.39 is 5.97 Å². The molecule has 0 bridgehead atoms. The number of carboxylic acids is 1. The zero-order chi connectivity index (χ0) is 13.1. The molecule has 5 nitrogen and oxygen atoms in total. The lowest BCUT2D eigenvalue weighted by atomic mass is 10.1. The van der Waals surface area contributed by atoms with Crippen molar-refractivity contribution in [3.05, 3.63) is 5.82 Å². The number of aryl methyl sites for hydroxylation is 1. The van der Waals surface area contributed by atoms with Gasteiger partial charge >= 0.3 is 5.97 Å². The number of rotatable bonds is 7. The van der Waals surface area contributed by atoms with Crippen LogP contribution in [-0.2, 0) is 4.79 Å². The van der Waals surface area contributed by atoms with Crippen LogP contribution in [0.1, 0.15) is 44.5 Å². The maximum absolute atomic E-state index is 10.6. The second-order valence-electron chi connectivity index (χ2n) is 4.82. The Morgan fingerprint density at radius 3 is 2.83 bits per heavy atom. The predicted molar refractivity (Wildman–Crippen MR) is 69.8 cm³/mol. The van der Waals surface area contributed by atoms with E-state index in [9.17, 15) is 4.79 Å². The fraction of sp³-hybridized carbons (Fsp3) is 0.750. The molecule has 6 heteroatoms. The molecule has 0 saturated heterocycles. The van der Waals surface area contributed by atoms with Gasteiger partial charge in [0.25, 0.3) is 0 Å². The monoisotopic (exact) mass is 269 g/mol. The van der Waals surface area contributed by atoms with Crippen LogP contribution in [0.3, 0.4) is 0 Å². The van der Waals surface area contributed by atoms with E-state index in [0.29, 0.717) is 6.04 Å². The third-order valence-corrected chi connectivity index (χ3v) is 4.23. The molecule has 1 saturated carbocycles. The fourth-order valence-electron chi connectivity index (χ4n) is 2.19. The minimum atomic E-state index is -0.817. The summed E-state index contributed by atoms with van der Waals surface area (Å²) in [6, 6.07) is 0.406. The third kappa shape index (κ3) is 3.25. The number of hydrogen-bond donors (Lipinski definition) is 1. The van der Waals surface area contributed by atoms with Crippen molar-refractivity contribution in [2.45, 2.75) is 50.7 Å². The van der Waals surface area contributed by atoms with Gasteiger partial charge in [0.15, 0.2) is 5.16 Å². The molecule has 1 aliphatic rings. The number of nitrogens with zero attached hydrogens (tertiary/aromatic N) is 3. The van der Waals surface area contributed by atoms with Crippen LogP contribution >= 0.6 is 11.8 Å². The molecule has 1 aromatic rings. The molecule has 2 rings (SSSR count). The highest BCUT2D eigenvalue weighted by atomic mass is 32.2. The Morgan fingerprint density at radius 1 is 1.56 bits per heavy atom. The average molecular weight is 269 g/mol. The van der Waals surface area contributed by atoms with Gasteiger partial charge in [-0.2, -0.15) is 0 Å². The van der Waals surface area contributed by atoms with Crippen LogP contribution in [0.25, 0.3) is 0 Å². The number of carbonyl (C=O) groups is 1. The highest BCUT2D eigenvalue weighted by Gasteiger charge is 2.27. The van der Waals surface area contributed by atoms with Gasteiger partial charge in [-0.1, -0.05) is 31.5 Å². The highest BCUT2D eigenvalue weighted by molar-refractivity contribution is 7.99. The van der Waals surface area contributed by atoms with Gasteiger partial charge in [0, 0.05) is 6.04 Å². The summed E-state index contributed by atoms with van der Waals surface area (Å²) in [5.41, 5.74) is 0. The minimum absolute atomic E-state index is 0.0397. The van der Waals surface area contributed by atoms with Gasteiger partial charge in [0.05, 0.1) is 5.75 Å². The largest absolute Gasteiger partial charge is 0.481 e. The molecule has 0 aromatic carbocycles. The van der Waals surface area contributed by atoms with E-state index in [1.165, 1.54) is 24.6 Å². The van der Waals surface area contributed by atoms with Gasteiger partial charge in [-0.3, -0.25) is 4.79 Å². The lowest BCUT2D eigenvalue weighted by Gasteiger charge is -2.19. The molecule has 1 unspecified atom stereocenters. The van der Waals surface area contributed by atoms with Crippen LogP contribution in [0.2, 0.25) is 0 Å². The molecule has 0 aliphatic heterocycles. The minimum Gasteiger partial charge on any atom is -0.481 e. The second kappa shape index (κ2) is 5.73. The fourth-order valence-corrected chi connectivity index (χ4v) is 2.96. The van der Waals surface area contributed by atoms with E-state index in [2.05, 4.69) is 21.7 Å². The van der Waals surface area contributed by atoms with Crippen molar-refractivity contribution < 1.29 is 9.90 Å². The smallest absolute Gasteiger partial charge is 0.313 e. The molecular formula is C12H19N3O2S. The first-order valence-corrected chi connectivity index (χ1v) is 7.36. The summed E-state index contributed by atoms with van der Waals surface area (Å²) in [5, 5.41) is 17.7. The molecular weight excluding hydrogens is 250 g/mol. The highest BCUT2D eigenvalue weighted by Crippen LogP contribution is 2.39. The summed E-state index contributed by atoms with van der Waals surface area (Å²) in [5.74, 6) is 0.949. The van der Waals surface area contributed by atoms with Crippen LogP contribution in [0.15, 0.2) is 5.16 Å². The SMILES string of the molecule is CCC(CC1CC1)n1c(C)nnc1SCC(=O)O. The van der Waals surface area contributed by atoms with E-state index in [0.717, 1.165) is 29.7 Å². The third-order valence-electron chi connectivity index (χ3n) is 3.30. The van der Waals surface area contributed by atoms with Crippen molar-refractivity contribution >= 4 is 17.7 Å². The molecule has 1 aromatic heterocycles. The summed E-state index contributed by atoms with van der Waals surface area (Å²) in [4.78, 5) is 10.6. The van der Waals surface area contributed by atoms with Crippen LogP contribution < -0.4 is 0 Å². The standard InChI is InChI=1S/C12H19N3O2S/c1-3-10(6-9-4-5-9)15-8(2)13-14-12(15)18-7-11(16)17/h9-10H,3-7H2,1-2H3,(H,16,17). The van der Waals surface area contributed by atoms with E-state index in [1.54, 1.807) is 0 Å². The molecule has 0 spiro atoms.